The fourth-order valence-electron chi connectivity index (χ4n) is 3.74. The highest BCUT2D eigenvalue weighted by molar-refractivity contribution is 6.03. The molecule has 182 valence electrons. The number of anilines is 2. The van der Waals surface area contributed by atoms with Crippen LogP contribution in [-0.4, -0.2) is 37.8 Å². The number of carbonyl (C=O) groups is 1. The molecule has 0 bridgehead atoms. The van der Waals surface area contributed by atoms with Crippen LogP contribution in [0.2, 0.25) is 0 Å². The molecule has 0 aliphatic rings. The Labute approximate surface area is 203 Å². The number of hydrogen-bond donors (Lipinski definition) is 2. The van der Waals surface area contributed by atoms with E-state index in [1.807, 2.05) is 48.3 Å². The Morgan fingerprint density at radius 2 is 1.83 bits per heavy atom. The zero-order valence-corrected chi connectivity index (χ0v) is 19.0. The fourth-order valence-corrected chi connectivity index (χ4v) is 3.74. The van der Waals surface area contributed by atoms with E-state index in [4.69, 9.17) is 0 Å². The molecule has 3 aromatic heterocycles. The first-order chi connectivity index (χ1) is 17.3. The van der Waals surface area contributed by atoms with E-state index in [1.165, 1.54) is 22.7 Å². The molecular weight excluding hydrogens is 471 g/mol. The number of hydrogen-bond acceptors (Lipinski definition) is 5. The predicted molar refractivity (Wildman–Crippen MR) is 129 cm³/mol. The molecule has 1 amide bonds. The van der Waals surface area contributed by atoms with Crippen molar-refractivity contribution in [3.63, 3.8) is 0 Å². The summed E-state index contributed by atoms with van der Waals surface area (Å²) in [5.74, 6) is 0.0924. The Hall–Kier alpha value is -4.67. The van der Waals surface area contributed by atoms with E-state index >= 15 is 0 Å². The third kappa shape index (κ3) is 4.76. The maximum Gasteiger partial charge on any atom is 0.416 e. The largest absolute Gasteiger partial charge is 0.416 e. The second-order valence-electron chi connectivity index (χ2n) is 8.16. The molecule has 0 saturated heterocycles. The molecule has 3 heterocycles. The summed E-state index contributed by atoms with van der Waals surface area (Å²) in [6.07, 6.45) is -1.11. The van der Waals surface area contributed by atoms with Gasteiger partial charge in [-0.15, -0.1) is 0 Å². The number of nitrogens with one attached hydrogen (secondary N) is 2. The molecule has 2 N–H and O–H groups in total. The summed E-state index contributed by atoms with van der Waals surface area (Å²) in [5, 5.41) is 13.8. The smallest absolute Gasteiger partial charge is 0.355 e. The van der Waals surface area contributed by atoms with Gasteiger partial charge in [-0.25, -0.2) is 9.50 Å². The van der Waals surface area contributed by atoms with Crippen molar-refractivity contribution in [2.45, 2.75) is 12.7 Å². The van der Waals surface area contributed by atoms with Crippen LogP contribution >= 0.6 is 0 Å². The normalized spacial score (nSPS) is 11.6. The van der Waals surface area contributed by atoms with E-state index in [1.54, 1.807) is 12.4 Å². The van der Waals surface area contributed by atoms with E-state index in [0.717, 1.165) is 23.3 Å². The lowest BCUT2D eigenvalue weighted by molar-refractivity contribution is -0.137. The van der Waals surface area contributed by atoms with Gasteiger partial charge in [-0.1, -0.05) is 30.3 Å². The monoisotopic (exact) mass is 491 g/mol. The third-order valence-electron chi connectivity index (χ3n) is 5.56. The fraction of sp³-hybridized carbons (Fsp3) is 0.120. The molecule has 0 spiro atoms. The summed E-state index contributed by atoms with van der Waals surface area (Å²) in [5.41, 5.74) is 2.44. The zero-order chi connectivity index (χ0) is 25.3. The molecule has 5 rings (SSSR count). The van der Waals surface area contributed by atoms with Crippen molar-refractivity contribution in [2.75, 3.05) is 17.3 Å². The van der Waals surface area contributed by atoms with Gasteiger partial charge in [0.2, 0.25) is 0 Å². The number of fused-ring (bicyclic) bond motifs is 1. The van der Waals surface area contributed by atoms with Gasteiger partial charge in [-0.3, -0.25) is 9.89 Å². The zero-order valence-electron chi connectivity index (χ0n) is 19.0. The van der Waals surface area contributed by atoms with Crippen molar-refractivity contribution in [2.24, 2.45) is 0 Å². The first-order valence-electron chi connectivity index (χ1n) is 10.9. The van der Waals surface area contributed by atoms with Gasteiger partial charge in [-0.2, -0.15) is 23.4 Å². The molecule has 0 atom stereocenters. The van der Waals surface area contributed by atoms with Crippen LogP contribution in [-0.2, 0) is 12.7 Å². The lowest BCUT2D eigenvalue weighted by atomic mass is 10.2. The van der Waals surface area contributed by atoms with Crippen LogP contribution in [0.15, 0.2) is 79.1 Å². The van der Waals surface area contributed by atoms with Crippen LogP contribution in [0.5, 0.6) is 0 Å². The van der Waals surface area contributed by atoms with Crippen LogP contribution < -0.4 is 10.2 Å². The molecular formula is C25H20F3N7O. The minimum Gasteiger partial charge on any atom is -0.355 e. The summed E-state index contributed by atoms with van der Waals surface area (Å²) < 4.78 is 40.0. The topological polar surface area (TPSA) is 91.2 Å². The lowest BCUT2D eigenvalue weighted by Crippen LogP contribution is -2.18. The number of aromatic nitrogens is 5. The summed E-state index contributed by atoms with van der Waals surface area (Å²) in [4.78, 5) is 19.5. The molecule has 36 heavy (non-hydrogen) atoms. The van der Waals surface area contributed by atoms with Gasteiger partial charge in [0.25, 0.3) is 5.91 Å². The molecule has 0 unspecified atom stereocenters. The van der Waals surface area contributed by atoms with E-state index in [-0.39, 0.29) is 11.4 Å². The number of alkyl halides is 3. The van der Waals surface area contributed by atoms with E-state index < -0.39 is 17.6 Å². The Kier molecular flexibility index (Phi) is 5.88. The van der Waals surface area contributed by atoms with E-state index in [0.29, 0.717) is 23.7 Å². The molecule has 0 saturated carbocycles. The average molecular weight is 491 g/mol. The second kappa shape index (κ2) is 9.17. The molecule has 8 nitrogen and oxygen atoms in total. The molecule has 0 aliphatic carbocycles. The van der Waals surface area contributed by atoms with E-state index in [2.05, 4.69) is 25.6 Å². The maximum atomic E-state index is 12.9. The van der Waals surface area contributed by atoms with E-state index in [9.17, 15) is 18.0 Å². The number of carbonyl (C=O) groups excluding carboxylic acids is 1. The van der Waals surface area contributed by atoms with Crippen molar-refractivity contribution in [1.82, 2.24) is 24.8 Å². The van der Waals surface area contributed by atoms with Crippen molar-refractivity contribution in [3.05, 3.63) is 95.9 Å². The number of rotatable bonds is 6. The van der Waals surface area contributed by atoms with Crippen molar-refractivity contribution >= 4 is 23.1 Å². The highest BCUT2D eigenvalue weighted by Gasteiger charge is 2.30. The van der Waals surface area contributed by atoms with Crippen LogP contribution in [0.25, 0.3) is 16.9 Å². The van der Waals surface area contributed by atoms with Crippen LogP contribution in [0.1, 0.15) is 21.6 Å². The maximum absolute atomic E-state index is 12.9. The van der Waals surface area contributed by atoms with Crippen LogP contribution in [0, 0.1) is 0 Å². The Balaban J connectivity index is 1.47. The van der Waals surface area contributed by atoms with Crippen LogP contribution in [0.3, 0.4) is 0 Å². The quantitative estimate of drug-likeness (QED) is 0.348. The highest BCUT2D eigenvalue weighted by atomic mass is 19.4. The molecule has 11 heteroatoms. The van der Waals surface area contributed by atoms with Gasteiger partial charge < -0.3 is 10.2 Å². The third-order valence-corrected chi connectivity index (χ3v) is 5.56. The van der Waals surface area contributed by atoms with Crippen molar-refractivity contribution in [1.29, 1.82) is 0 Å². The second-order valence-corrected chi connectivity index (χ2v) is 8.16. The van der Waals surface area contributed by atoms with Gasteiger partial charge in [0.1, 0.15) is 5.82 Å². The summed E-state index contributed by atoms with van der Waals surface area (Å²) in [7, 11) is 1.92. The van der Waals surface area contributed by atoms with Crippen molar-refractivity contribution in [3.8, 4) is 11.3 Å². The minimum atomic E-state index is -4.45. The number of nitrogens with zero attached hydrogens (tertiary/aromatic N) is 5. The van der Waals surface area contributed by atoms with Crippen molar-refractivity contribution < 1.29 is 18.0 Å². The SMILES string of the molecule is CN(Cc1ccccc1)c1cc(-c2cn[nH]c2)n2nc(C(=O)Nc3ccc(C(F)(F)F)cc3)cc2n1. The van der Waals surface area contributed by atoms with Gasteiger partial charge in [-0.05, 0) is 29.8 Å². The number of amides is 1. The summed E-state index contributed by atoms with van der Waals surface area (Å²) in [6.45, 7) is 0.615. The first-order valence-corrected chi connectivity index (χ1v) is 10.9. The van der Waals surface area contributed by atoms with Gasteiger partial charge in [0.15, 0.2) is 11.3 Å². The number of H-pyrrole nitrogens is 1. The standard InChI is InChI=1S/C25H20F3N7O/c1-34(15-16-5-3-2-4-6-16)22-12-21(17-13-29-30-14-17)35-23(32-22)11-20(33-35)24(36)31-19-9-7-18(8-10-19)25(26,27)28/h2-14H,15H2,1H3,(H,29,30)(H,31,36). The Morgan fingerprint density at radius 3 is 2.50 bits per heavy atom. The average Bonchev–Trinajstić information content (AvgIpc) is 3.54. The molecule has 2 aromatic carbocycles. The number of aromatic amines is 1. The first kappa shape index (κ1) is 23.1. The van der Waals surface area contributed by atoms with Gasteiger partial charge in [0.05, 0.1) is 17.5 Å². The highest BCUT2D eigenvalue weighted by Crippen LogP contribution is 2.30. The summed E-state index contributed by atoms with van der Waals surface area (Å²) >= 11 is 0. The van der Waals surface area contributed by atoms with Gasteiger partial charge in [0, 0.05) is 43.2 Å². The lowest BCUT2D eigenvalue weighted by Gasteiger charge is -2.19. The molecule has 5 aromatic rings. The Morgan fingerprint density at radius 1 is 1.08 bits per heavy atom. The number of benzene rings is 2. The summed E-state index contributed by atoms with van der Waals surface area (Å²) in [6, 6.07) is 17.5. The molecule has 0 radical (unpaired) electrons. The van der Waals surface area contributed by atoms with Gasteiger partial charge >= 0.3 is 6.18 Å². The Bertz CT molecular complexity index is 1500. The minimum absolute atomic E-state index is 0.0648. The predicted octanol–water partition coefficient (Wildman–Crippen LogP) is 5.03. The molecule has 0 aliphatic heterocycles. The van der Waals surface area contributed by atoms with Crippen LogP contribution in [0.4, 0.5) is 24.7 Å². The molecule has 0 fully saturated rings. The number of halogens is 3.